The van der Waals surface area contributed by atoms with Crippen molar-refractivity contribution < 1.29 is 4.79 Å². The van der Waals surface area contributed by atoms with Crippen molar-refractivity contribution in [3.8, 4) is 11.4 Å². The van der Waals surface area contributed by atoms with Gasteiger partial charge < -0.3 is 14.8 Å². The zero-order chi connectivity index (χ0) is 17.8. The normalized spacial score (nSPS) is 15.8. The smallest absolute Gasteiger partial charge is 0.255 e. The minimum Gasteiger partial charge on any atom is -0.341 e. The maximum Gasteiger partial charge on any atom is 0.255 e. The van der Waals surface area contributed by atoms with Gasteiger partial charge in [-0.3, -0.25) is 14.6 Å². The number of aromatic amines is 1. The van der Waals surface area contributed by atoms with Crippen LogP contribution >= 0.6 is 0 Å². The van der Waals surface area contributed by atoms with Crippen LogP contribution in [0.3, 0.4) is 0 Å². The van der Waals surface area contributed by atoms with Gasteiger partial charge in [-0.05, 0) is 39.1 Å². The molecular formula is C18H23N5O2. The van der Waals surface area contributed by atoms with Gasteiger partial charge in [-0.25, -0.2) is 4.98 Å². The van der Waals surface area contributed by atoms with Crippen molar-refractivity contribution in [2.45, 2.75) is 19.8 Å². The third-order valence-electron chi connectivity index (χ3n) is 4.56. The first kappa shape index (κ1) is 17.3. The summed E-state index contributed by atoms with van der Waals surface area (Å²) >= 11 is 0. The Morgan fingerprint density at radius 1 is 1.28 bits per heavy atom. The van der Waals surface area contributed by atoms with Crippen molar-refractivity contribution in [3.05, 3.63) is 46.1 Å². The van der Waals surface area contributed by atoms with E-state index >= 15 is 0 Å². The molecule has 0 aliphatic carbocycles. The summed E-state index contributed by atoms with van der Waals surface area (Å²) in [5, 5.41) is 0. The Balaban J connectivity index is 1.79. The van der Waals surface area contributed by atoms with Crippen LogP contribution in [-0.2, 0) is 11.2 Å². The summed E-state index contributed by atoms with van der Waals surface area (Å²) in [6, 6.07) is 3.63. The molecule has 0 atom stereocenters. The van der Waals surface area contributed by atoms with Crippen molar-refractivity contribution in [2.75, 3.05) is 33.2 Å². The molecular weight excluding hydrogens is 318 g/mol. The van der Waals surface area contributed by atoms with Gasteiger partial charge in [-0.1, -0.05) is 0 Å². The molecule has 0 radical (unpaired) electrons. The van der Waals surface area contributed by atoms with E-state index in [1.165, 1.54) is 0 Å². The predicted octanol–water partition coefficient (Wildman–Crippen LogP) is 0.847. The summed E-state index contributed by atoms with van der Waals surface area (Å²) in [4.78, 5) is 40.4. The molecule has 0 saturated carbocycles. The average Bonchev–Trinajstić information content (AvgIpc) is 2.83. The Morgan fingerprint density at radius 2 is 2.12 bits per heavy atom. The molecule has 1 saturated heterocycles. The number of amides is 1. The number of aryl methyl sites for hydroxylation is 1. The molecule has 132 valence electrons. The zero-order valence-electron chi connectivity index (χ0n) is 14.7. The van der Waals surface area contributed by atoms with E-state index in [9.17, 15) is 9.59 Å². The summed E-state index contributed by atoms with van der Waals surface area (Å²) in [6.07, 6.45) is 4.36. The number of carbonyl (C=O) groups excluding carboxylic acids is 1. The number of H-pyrrole nitrogens is 1. The zero-order valence-corrected chi connectivity index (χ0v) is 14.7. The Hall–Kier alpha value is -2.54. The van der Waals surface area contributed by atoms with Crippen molar-refractivity contribution in [1.29, 1.82) is 0 Å². The molecule has 1 N–H and O–H groups in total. The van der Waals surface area contributed by atoms with Crippen LogP contribution in [0.5, 0.6) is 0 Å². The van der Waals surface area contributed by atoms with Crippen molar-refractivity contribution in [3.63, 3.8) is 0 Å². The fraction of sp³-hybridized carbons (Fsp3) is 0.444. The maximum absolute atomic E-state index is 12.6. The summed E-state index contributed by atoms with van der Waals surface area (Å²) in [6.45, 7) is 5.06. The lowest BCUT2D eigenvalue weighted by Crippen LogP contribution is -2.37. The molecule has 0 bridgehead atoms. The van der Waals surface area contributed by atoms with Gasteiger partial charge in [-0.2, -0.15) is 0 Å². The Morgan fingerprint density at radius 3 is 2.84 bits per heavy atom. The number of nitrogens with one attached hydrogen (secondary N) is 1. The second kappa shape index (κ2) is 7.57. The average molecular weight is 341 g/mol. The van der Waals surface area contributed by atoms with Gasteiger partial charge >= 0.3 is 0 Å². The Bertz CT molecular complexity index is 803. The van der Waals surface area contributed by atoms with Crippen molar-refractivity contribution in [2.24, 2.45) is 0 Å². The van der Waals surface area contributed by atoms with Crippen LogP contribution in [0.2, 0.25) is 0 Å². The minimum absolute atomic E-state index is 0.0140. The molecule has 3 heterocycles. The molecule has 1 aliphatic rings. The fourth-order valence-electron chi connectivity index (χ4n) is 3.02. The molecule has 2 aromatic heterocycles. The molecule has 0 aromatic carbocycles. The van der Waals surface area contributed by atoms with E-state index in [2.05, 4.69) is 26.9 Å². The molecule has 3 rings (SSSR count). The van der Waals surface area contributed by atoms with Gasteiger partial charge in [0.05, 0.1) is 6.42 Å². The second-order valence-electron chi connectivity index (χ2n) is 6.43. The number of likely N-dealkylation sites (N-methyl/N-ethyl adjacent to an activating group) is 1. The number of hydrogen-bond donors (Lipinski definition) is 1. The van der Waals surface area contributed by atoms with Crippen LogP contribution in [0.4, 0.5) is 0 Å². The van der Waals surface area contributed by atoms with Gasteiger partial charge in [0.25, 0.3) is 5.56 Å². The van der Waals surface area contributed by atoms with Crippen LogP contribution in [0.25, 0.3) is 11.4 Å². The van der Waals surface area contributed by atoms with Gasteiger partial charge in [0.15, 0.2) is 0 Å². The van der Waals surface area contributed by atoms with Crippen LogP contribution < -0.4 is 5.56 Å². The standard InChI is InChI=1S/C18H23N5O2/c1-13-15(11-16(24)23-8-4-7-22(2)9-10-23)18(25)21-17(20-13)14-5-3-6-19-12-14/h3,5-6,12H,4,7-11H2,1-2H3,(H,20,21,25). The largest absolute Gasteiger partial charge is 0.341 e. The summed E-state index contributed by atoms with van der Waals surface area (Å²) in [5.74, 6) is 0.461. The molecule has 1 fully saturated rings. The van der Waals surface area contributed by atoms with Crippen LogP contribution in [0, 0.1) is 6.92 Å². The highest BCUT2D eigenvalue weighted by Gasteiger charge is 2.20. The molecule has 0 unspecified atom stereocenters. The molecule has 2 aromatic rings. The maximum atomic E-state index is 12.6. The van der Waals surface area contributed by atoms with E-state index in [1.807, 2.05) is 11.0 Å². The number of rotatable bonds is 3. The minimum atomic E-state index is -0.258. The highest BCUT2D eigenvalue weighted by Crippen LogP contribution is 2.13. The van der Waals surface area contributed by atoms with Crippen LogP contribution in [0.1, 0.15) is 17.7 Å². The summed E-state index contributed by atoms with van der Waals surface area (Å²) in [5.41, 5.74) is 1.51. The SMILES string of the molecule is Cc1nc(-c2cccnc2)[nH]c(=O)c1CC(=O)N1CCCN(C)CC1. The van der Waals surface area contributed by atoms with Crippen LogP contribution in [-0.4, -0.2) is 63.9 Å². The van der Waals surface area contributed by atoms with Gasteiger partial charge in [0.1, 0.15) is 5.82 Å². The number of aromatic nitrogens is 3. The van der Waals surface area contributed by atoms with Gasteiger partial charge in [0, 0.05) is 48.8 Å². The third-order valence-corrected chi connectivity index (χ3v) is 4.56. The van der Waals surface area contributed by atoms with E-state index in [-0.39, 0.29) is 17.9 Å². The fourth-order valence-corrected chi connectivity index (χ4v) is 3.02. The monoisotopic (exact) mass is 341 g/mol. The number of hydrogen-bond acceptors (Lipinski definition) is 5. The van der Waals surface area contributed by atoms with E-state index in [4.69, 9.17) is 0 Å². The summed E-state index contributed by atoms with van der Waals surface area (Å²) < 4.78 is 0. The van der Waals surface area contributed by atoms with Gasteiger partial charge in [-0.15, -0.1) is 0 Å². The lowest BCUT2D eigenvalue weighted by atomic mass is 10.1. The van der Waals surface area contributed by atoms with E-state index in [0.29, 0.717) is 23.6 Å². The topological polar surface area (TPSA) is 82.2 Å². The number of carbonyl (C=O) groups is 1. The highest BCUT2D eigenvalue weighted by atomic mass is 16.2. The first-order chi connectivity index (χ1) is 12.0. The van der Waals surface area contributed by atoms with E-state index in [1.54, 1.807) is 25.4 Å². The van der Waals surface area contributed by atoms with Crippen LogP contribution in [0.15, 0.2) is 29.3 Å². The second-order valence-corrected chi connectivity index (χ2v) is 6.43. The Kier molecular flexibility index (Phi) is 5.23. The molecule has 1 amide bonds. The lowest BCUT2D eigenvalue weighted by molar-refractivity contribution is -0.130. The molecule has 7 nitrogen and oxygen atoms in total. The lowest BCUT2D eigenvalue weighted by Gasteiger charge is -2.20. The molecule has 7 heteroatoms. The quantitative estimate of drug-likeness (QED) is 0.895. The van der Waals surface area contributed by atoms with E-state index in [0.717, 1.165) is 31.6 Å². The number of nitrogens with zero attached hydrogens (tertiary/aromatic N) is 4. The molecule has 1 aliphatic heterocycles. The van der Waals surface area contributed by atoms with E-state index < -0.39 is 0 Å². The number of pyridine rings is 1. The molecule has 25 heavy (non-hydrogen) atoms. The highest BCUT2D eigenvalue weighted by molar-refractivity contribution is 5.79. The molecule has 0 spiro atoms. The van der Waals surface area contributed by atoms with Crippen molar-refractivity contribution >= 4 is 5.91 Å². The first-order valence-electron chi connectivity index (χ1n) is 8.51. The predicted molar refractivity (Wildman–Crippen MR) is 95.2 cm³/mol. The van der Waals surface area contributed by atoms with Crippen molar-refractivity contribution in [1.82, 2.24) is 24.8 Å². The Labute approximate surface area is 146 Å². The van der Waals surface area contributed by atoms with Gasteiger partial charge in [0.2, 0.25) is 5.91 Å². The summed E-state index contributed by atoms with van der Waals surface area (Å²) in [7, 11) is 2.06. The first-order valence-corrected chi connectivity index (χ1v) is 8.51. The third kappa shape index (κ3) is 4.11.